The molecule has 0 unspecified atom stereocenters. The lowest BCUT2D eigenvalue weighted by Gasteiger charge is -2.23. The Hall–Kier alpha value is -2.05. The van der Waals surface area contributed by atoms with E-state index in [0.29, 0.717) is 5.75 Å². The number of halogens is 2. The summed E-state index contributed by atoms with van der Waals surface area (Å²) in [5.41, 5.74) is 0.0980. The molecule has 9 nitrogen and oxygen atoms in total. The number of carbonyl (C=O) groups excluding carboxylic acids is 1. The Kier molecular flexibility index (Phi) is 8.77. The molecule has 0 aliphatic heterocycles. The summed E-state index contributed by atoms with van der Waals surface area (Å²) in [6.07, 6.45) is 0.959. The number of anilines is 1. The third kappa shape index (κ3) is 6.97. The quantitative estimate of drug-likeness (QED) is 0.477. The third-order valence-electron chi connectivity index (χ3n) is 4.16. The molecule has 0 fully saturated rings. The topological polar surface area (TPSA) is 113 Å². The summed E-state index contributed by atoms with van der Waals surface area (Å²) in [4.78, 5) is 12.4. The van der Waals surface area contributed by atoms with Crippen molar-refractivity contribution in [3.8, 4) is 5.75 Å². The molecule has 13 heteroatoms. The van der Waals surface area contributed by atoms with Crippen LogP contribution in [0.15, 0.2) is 47.4 Å². The van der Waals surface area contributed by atoms with E-state index in [9.17, 15) is 21.6 Å². The average Bonchev–Trinajstić information content (AvgIpc) is 2.71. The van der Waals surface area contributed by atoms with E-state index < -0.39 is 32.5 Å². The van der Waals surface area contributed by atoms with Gasteiger partial charge in [-0.1, -0.05) is 23.2 Å². The lowest BCUT2D eigenvalue weighted by Crippen LogP contribution is -2.41. The van der Waals surface area contributed by atoms with Crippen molar-refractivity contribution < 1.29 is 26.4 Å². The summed E-state index contributed by atoms with van der Waals surface area (Å²) in [5.74, 6) is -0.150. The van der Waals surface area contributed by atoms with Crippen LogP contribution in [0.1, 0.15) is 0 Å². The van der Waals surface area contributed by atoms with Crippen molar-refractivity contribution in [1.82, 2.24) is 9.62 Å². The van der Waals surface area contributed by atoms with Crippen LogP contribution in [0.4, 0.5) is 5.69 Å². The molecule has 0 radical (unpaired) electrons. The summed E-state index contributed by atoms with van der Waals surface area (Å²) in [6.45, 7) is -0.310. The van der Waals surface area contributed by atoms with Gasteiger partial charge in [0, 0.05) is 19.1 Å². The normalized spacial score (nSPS) is 11.9. The SMILES string of the molecule is CN(C)S(=O)(=O)c1ccc(OCCNC(=O)CN(c2cc(Cl)ccc2Cl)S(C)(=O)=O)cc1. The zero-order chi connectivity index (χ0) is 24.1. The number of nitrogens with one attached hydrogen (secondary N) is 1. The van der Waals surface area contributed by atoms with Crippen molar-refractivity contribution >= 4 is 54.8 Å². The number of ether oxygens (including phenoxy) is 1. The molecule has 0 bridgehead atoms. The first-order valence-corrected chi connectivity index (χ1v) is 13.2. The average molecular weight is 524 g/mol. The highest BCUT2D eigenvalue weighted by atomic mass is 35.5. The van der Waals surface area contributed by atoms with Crippen LogP contribution < -0.4 is 14.4 Å². The first-order valence-electron chi connectivity index (χ1n) is 9.17. The number of amides is 1. The molecular formula is C19H23Cl2N3O6S2. The molecule has 0 aliphatic carbocycles. The molecule has 1 amide bonds. The highest BCUT2D eigenvalue weighted by molar-refractivity contribution is 7.92. The van der Waals surface area contributed by atoms with Crippen LogP contribution in [0.5, 0.6) is 5.75 Å². The minimum absolute atomic E-state index is 0.0856. The maximum Gasteiger partial charge on any atom is 0.242 e. The second-order valence-electron chi connectivity index (χ2n) is 6.82. The Morgan fingerprint density at radius 3 is 2.22 bits per heavy atom. The Labute approximate surface area is 198 Å². The van der Waals surface area contributed by atoms with E-state index in [0.717, 1.165) is 14.9 Å². The first-order chi connectivity index (χ1) is 14.8. The maximum atomic E-state index is 12.3. The van der Waals surface area contributed by atoms with Crippen LogP contribution in [0.2, 0.25) is 10.0 Å². The zero-order valence-electron chi connectivity index (χ0n) is 17.6. The minimum Gasteiger partial charge on any atom is -0.492 e. The van der Waals surface area contributed by atoms with Gasteiger partial charge < -0.3 is 10.1 Å². The van der Waals surface area contributed by atoms with Crippen LogP contribution in [0, 0.1) is 0 Å². The Bertz CT molecular complexity index is 1170. The summed E-state index contributed by atoms with van der Waals surface area (Å²) in [5, 5.41) is 2.97. The Morgan fingerprint density at radius 1 is 1.03 bits per heavy atom. The van der Waals surface area contributed by atoms with Gasteiger partial charge in [-0.3, -0.25) is 9.10 Å². The standard InChI is InChI=1S/C19H23Cl2N3O6S2/c1-23(2)32(28,29)16-7-5-15(6-8-16)30-11-10-22-19(25)13-24(31(3,26)27)18-12-14(20)4-9-17(18)21/h4-9,12H,10-11,13H2,1-3H3,(H,22,25). The molecule has 2 aromatic carbocycles. The van der Waals surface area contributed by atoms with Crippen molar-refractivity contribution in [2.45, 2.75) is 4.90 Å². The third-order valence-corrected chi connectivity index (χ3v) is 7.67. The molecule has 0 aromatic heterocycles. The van der Waals surface area contributed by atoms with Crippen LogP contribution in [0.3, 0.4) is 0 Å². The van der Waals surface area contributed by atoms with Gasteiger partial charge in [-0.2, -0.15) is 0 Å². The smallest absolute Gasteiger partial charge is 0.242 e. The van der Waals surface area contributed by atoms with E-state index in [1.165, 1.54) is 56.6 Å². The fraction of sp³-hybridized carbons (Fsp3) is 0.316. The van der Waals surface area contributed by atoms with Crippen molar-refractivity contribution in [1.29, 1.82) is 0 Å². The fourth-order valence-electron chi connectivity index (χ4n) is 2.52. The van der Waals surface area contributed by atoms with Crippen LogP contribution >= 0.6 is 23.2 Å². The molecule has 32 heavy (non-hydrogen) atoms. The van der Waals surface area contributed by atoms with Gasteiger partial charge in [0.2, 0.25) is 26.0 Å². The second kappa shape index (κ2) is 10.7. The highest BCUT2D eigenvalue weighted by Gasteiger charge is 2.23. The molecule has 0 atom stereocenters. The van der Waals surface area contributed by atoms with Gasteiger partial charge in [-0.05, 0) is 42.5 Å². The molecule has 176 valence electrons. The van der Waals surface area contributed by atoms with Gasteiger partial charge in [-0.25, -0.2) is 21.1 Å². The van der Waals surface area contributed by atoms with E-state index in [1.807, 2.05) is 0 Å². The molecule has 0 aliphatic rings. The van der Waals surface area contributed by atoms with Gasteiger partial charge in [0.15, 0.2) is 0 Å². The van der Waals surface area contributed by atoms with Crippen LogP contribution in [0.25, 0.3) is 0 Å². The molecule has 0 spiro atoms. The number of benzene rings is 2. The summed E-state index contributed by atoms with van der Waals surface area (Å²) < 4.78 is 55.9. The highest BCUT2D eigenvalue weighted by Crippen LogP contribution is 2.30. The number of hydrogen-bond acceptors (Lipinski definition) is 6. The van der Waals surface area contributed by atoms with E-state index in [1.54, 1.807) is 0 Å². The molecule has 0 saturated heterocycles. The zero-order valence-corrected chi connectivity index (χ0v) is 20.7. The van der Waals surface area contributed by atoms with Crippen LogP contribution in [-0.4, -0.2) is 67.1 Å². The minimum atomic E-state index is -3.80. The lowest BCUT2D eigenvalue weighted by atomic mass is 10.3. The van der Waals surface area contributed by atoms with E-state index >= 15 is 0 Å². The van der Waals surface area contributed by atoms with Crippen molar-refractivity contribution in [3.63, 3.8) is 0 Å². The molecule has 1 N–H and O–H groups in total. The molecule has 2 aromatic rings. The molecule has 0 heterocycles. The van der Waals surface area contributed by atoms with Crippen LogP contribution in [-0.2, 0) is 24.8 Å². The Balaban J connectivity index is 1.93. The van der Waals surface area contributed by atoms with E-state index in [-0.39, 0.29) is 33.8 Å². The van der Waals surface area contributed by atoms with E-state index in [4.69, 9.17) is 27.9 Å². The summed E-state index contributed by atoms with van der Waals surface area (Å²) in [7, 11) is -4.46. The van der Waals surface area contributed by atoms with Gasteiger partial charge in [0.1, 0.15) is 18.9 Å². The summed E-state index contributed by atoms with van der Waals surface area (Å²) >= 11 is 12.0. The van der Waals surface area contributed by atoms with Gasteiger partial charge in [0.05, 0.1) is 28.4 Å². The largest absolute Gasteiger partial charge is 0.492 e. The predicted molar refractivity (Wildman–Crippen MR) is 124 cm³/mol. The molecule has 0 saturated carbocycles. The molecular weight excluding hydrogens is 501 g/mol. The number of rotatable bonds is 10. The monoisotopic (exact) mass is 523 g/mol. The van der Waals surface area contributed by atoms with Gasteiger partial charge in [0.25, 0.3) is 0 Å². The number of sulfonamides is 2. The summed E-state index contributed by atoms with van der Waals surface area (Å²) in [6, 6.07) is 10.2. The predicted octanol–water partition coefficient (Wildman–Crippen LogP) is 2.20. The number of hydrogen-bond donors (Lipinski definition) is 1. The number of nitrogens with zero attached hydrogens (tertiary/aromatic N) is 2. The van der Waals surface area contributed by atoms with E-state index in [2.05, 4.69) is 5.32 Å². The maximum absolute atomic E-state index is 12.3. The Morgan fingerprint density at radius 2 is 1.66 bits per heavy atom. The van der Waals surface area contributed by atoms with Crippen molar-refractivity contribution in [2.75, 3.05) is 44.4 Å². The fourth-order valence-corrected chi connectivity index (χ4v) is 4.72. The van der Waals surface area contributed by atoms with Gasteiger partial charge >= 0.3 is 0 Å². The molecule has 2 rings (SSSR count). The lowest BCUT2D eigenvalue weighted by molar-refractivity contribution is -0.119. The van der Waals surface area contributed by atoms with Crippen molar-refractivity contribution in [2.24, 2.45) is 0 Å². The van der Waals surface area contributed by atoms with Crippen molar-refractivity contribution in [3.05, 3.63) is 52.5 Å². The number of carbonyl (C=O) groups is 1. The van der Waals surface area contributed by atoms with Gasteiger partial charge in [-0.15, -0.1) is 0 Å². The first kappa shape index (κ1) is 26.2. The second-order valence-corrected chi connectivity index (χ2v) is 11.7.